The number of rotatable bonds is 0. The zero-order chi connectivity index (χ0) is 28.0. The Balaban J connectivity index is -0.000000000659. The van der Waals surface area contributed by atoms with Crippen LogP contribution in [0.15, 0.2) is 0 Å². The zero-order valence-corrected chi connectivity index (χ0v) is 70.4. The topological polar surface area (TPSA) is 239 Å². The van der Waals surface area contributed by atoms with Crippen LogP contribution in [-0.4, -0.2) is 680 Å². The molecule has 0 spiro atoms. The van der Waals surface area contributed by atoms with Crippen molar-refractivity contribution in [3.8, 4) is 0 Å². The minimum absolute atomic E-state index is 0. The van der Waals surface area contributed by atoms with Gasteiger partial charge in [-0.3, -0.25) is 0 Å². The van der Waals surface area contributed by atoms with Crippen LogP contribution in [0.4, 0.5) is 0 Å². The molecular formula is H38Al14Ca12O14. The first-order valence-electron chi connectivity index (χ1n) is 4.04. The van der Waals surface area contributed by atoms with E-state index in [1.165, 1.54) is 0 Å². The fourth-order valence-electron chi connectivity index (χ4n) is 0. The van der Waals surface area contributed by atoms with Gasteiger partial charge < -0.3 is 34.2 Å². The molecule has 40 heavy (non-hydrogen) atoms. The normalized spacial score (nSPS) is 1.05. The average molecular weight is 1120 g/mol. The van der Waals surface area contributed by atoms with E-state index < -0.39 is 0 Å². The van der Waals surface area contributed by atoms with Crippen LogP contribution in [0.5, 0.6) is 0 Å². The number of hydrogen-bond acceptors (Lipinski definition) is 14. The SMILES string of the molecule is [Ca+2].[Ca+2].[Ca+2].[Ca+2].[Ca+2].[Ca+2].[Ca+2].[Ca+2].[Ca+2].[Ca+2].[Ca+2].[Ca+2].[H-].[H-].[H-].[H-].[H-].[H-].[H-].[H-].[H-].[H-].[H-].[H-].[H-].[H-].[H-].[H-].[H-].[H-].[H-].[H-].[H-].[H-].[H-].[H-].[O]=[AlH].[O]=[AlH].[O]=[AlH].[O]=[AlH].[O]=[AlH].[O]=[AlH].[O]=[AlH].[O]=[AlH].[O]=[AlH].[O]=[AlH].[O]=[AlH].[O]=[AlH].[O]=[AlH].[O]=[AlH]. The van der Waals surface area contributed by atoms with Gasteiger partial charge in [0, 0.05) is 0 Å². The van der Waals surface area contributed by atoms with E-state index in [2.05, 4.69) is 0 Å². The molecule has 0 saturated heterocycles. The third kappa shape index (κ3) is 476. The fraction of sp³-hybridized carbons (Fsp3) is 0. The summed E-state index contributed by atoms with van der Waals surface area (Å²) in [6, 6.07) is 0. The van der Waals surface area contributed by atoms with Gasteiger partial charge in [-0.05, 0) is 0 Å². The Hall–Kier alpha value is 19.8. The molecular weight excluding hydrogens is 1080 g/mol. The van der Waals surface area contributed by atoms with Gasteiger partial charge >= 0.3 is 733 Å². The second kappa shape index (κ2) is 502. The minimum atomic E-state index is 0. The molecule has 0 aliphatic carbocycles. The summed E-state index contributed by atoms with van der Waals surface area (Å²) in [6.45, 7) is 0. The second-order valence-electron chi connectivity index (χ2n) is 0. The van der Waals surface area contributed by atoms with E-state index in [1.807, 2.05) is 0 Å². The molecule has 0 aliphatic rings. The first kappa shape index (κ1) is 181. The molecule has 0 saturated carbocycles. The van der Waals surface area contributed by atoms with Crippen molar-refractivity contribution in [3.05, 3.63) is 0 Å². The van der Waals surface area contributed by atoms with Gasteiger partial charge in [-0.2, -0.15) is 0 Å². The van der Waals surface area contributed by atoms with Crippen LogP contribution in [0.1, 0.15) is 34.2 Å². The van der Waals surface area contributed by atoms with Gasteiger partial charge in [-0.15, -0.1) is 0 Å². The molecule has 0 heterocycles. The Morgan fingerprint density at radius 2 is 0.125 bits per heavy atom. The van der Waals surface area contributed by atoms with E-state index in [0.717, 1.165) is 0 Å². The maximum atomic E-state index is 8.28. The van der Waals surface area contributed by atoms with Crippen molar-refractivity contribution in [1.82, 2.24) is 0 Å². The fourth-order valence-corrected chi connectivity index (χ4v) is 0. The predicted molar refractivity (Wildman–Crippen MR) is 205 cm³/mol. The summed E-state index contributed by atoms with van der Waals surface area (Å²) < 4.78 is 116. The summed E-state index contributed by atoms with van der Waals surface area (Å²) in [5.74, 6) is 0. The van der Waals surface area contributed by atoms with Gasteiger partial charge in [0.25, 0.3) is 0 Å². The van der Waals surface area contributed by atoms with Crippen LogP contribution in [0.3, 0.4) is 0 Å². The van der Waals surface area contributed by atoms with Crippen LogP contribution in [0, 0.1) is 0 Å². The van der Waals surface area contributed by atoms with E-state index in [1.54, 1.807) is 0 Å². The Morgan fingerprint density at radius 1 is 0.125 bits per heavy atom. The van der Waals surface area contributed by atoms with Crippen molar-refractivity contribution in [2.45, 2.75) is 0 Å². The molecule has 14 nitrogen and oxygen atoms in total. The molecule has 0 atom stereocenters. The average Bonchev–Trinajstić information content (AvgIpc) is 2.95. The van der Waals surface area contributed by atoms with Crippen molar-refractivity contribution >= 4 is 680 Å². The summed E-state index contributed by atoms with van der Waals surface area (Å²) in [4.78, 5) is 0. The van der Waals surface area contributed by atoms with Gasteiger partial charge in [-0.1, -0.05) is 0 Å². The molecule has 0 bridgehead atoms. The van der Waals surface area contributed by atoms with Crippen LogP contribution in [0.25, 0.3) is 0 Å². The van der Waals surface area contributed by atoms with Crippen LogP contribution in [0.2, 0.25) is 0 Å². The summed E-state index contributed by atoms with van der Waals surface area (Å²) in [7, 11) is 0. The van der Waals surface area contributed by atoms with Crippen molar-refractivity contribution in [1.29, 1.82) is 0 Å². The van der Waals surface area contributed by atoms with Crippen molar-refractivity contribution in [3.63, 3.8) is 0 Å². The molecule has 0 aliphatic heterocycles. The number of hydrogen-bond donors (Lipinski definition) is 0. The van der Waals surface area contributed by atoms with Gasteiger partial charge in [0.2, 0.25) is 0 Å². The predicted octanol–water partition coefficient (Wildman–Crippen LogP) is -12.6. The molecule has 0 aromatic carbocycles. The third-order valence-corrected chi connectivity index (χ3v) is 0. The first-order valence-corrected chi connectivity index (χ1v) is 12.1. The molecule has 0 rings (SSSR count). The molecule has 0 amide bonds. The summed E-state index contributed by atoms with van der Waals surface area (Å²) in [6.07, 6.45) is 0. The van der Waals surface area contributed by atoms with Crippen LogP contribution < -0.4 is 0 Å². The standard InChI is InChI=1S/14Al.12Ca.14O.38H/q;;;;;;;;;;;;;;12*+2;;;;;;;;;;;;;;;;;;;;;;;;;;;;;24*-1. The van der Waals surface area contributed by atoms with E-state index in [0.29, 0.717) is 227 Å². The van der Waals surface area contributed by atoms with Crippen molar-refractivity contribution in [2.75, 3.05) is 0 Å². The van der Waals surface area contributed by atoms with Gasteiger partial charge in [-0.25, -0.2) is 0 Å². The Labute approximate surface area is 744 Å². The molecule has 0 aromatic rings. The molecule has 0 radical (unpaired) electrons. The van der Waals surface area contributed by atoms with Gasteiger partial charge in [0.05, 0.1) is 0 Å². The van der Waals surface area contributed by atoms with E-state index >= 15 is 0 Å². The Morgan fingerprint density at radius 3 is 0.125 bits per heavy atom. The van der Waals surface area contributed by atoms with E-state index in [9.17, 15) is 0 Å². The van der Waals surface area contributed by atoms with Crippen molar-refractivity contribution in [2.24, 2.45) is 0 Å². The zero-order valence-electron chi connectivity index (χ0n) is 48.1. The quantitative estimate of drug-likeness (QED) is 0.205. The Bertz CT molecular complexity index is 178. The molecule has 0 aromatic heterocycles. The Kier molecular flexibility index (Phi) is 2270. The summed E-state index contributed by atoms with van der Waals surface area (Å²) in [5, 5.41) is 0. The van der Waals surface area contributed by atoms with E-state index in [-0.39, 0.29) is 487 Å². The third-order valence-electron chi connectivity index (χ3n) is 0. The second-order valence-corrected chi connectivity index (χ2v) is 0. The molecule has 0 unspecified atom stereocenters. The molecule has 188 valence electrons. The van der Waals surface area contributed by atoms with Crippen LogP contribution in [-0.2, 0) is 53.2 Å². The molecule has 0 fully saturated rings. The monoisotopic (exact) mass is 1120 g/mol. The van der Waals surface area contributed by atoms with Crippen molar-refractivity contribution < 1.29 is 87.5 Å². The van der Waals surface area contributed by atoms with Gasteiger partial charge in [0.1, 0.15) is 0 Å². The molecule has 40 heteroatoms. The van der Waals surface area contributed by atoms with Crippen LogP contribution >= 0.6 is 0 Å². The first-order chi connectivity index (χ1) is 14.0. The summed E-state index contributed by atoms with van der Waals surface area (Å²) in [5.41, 5.74) is 0. The summed E-state index contributed by atoms with van der Waals surface area (Å²) >= 11 is 8.56. The maximum absolute atomic E-state index is 8.28. The van der Waals surface area contributed by atoms with E-state index in [4.69, 9.17) is 53.2 Å². The van der Waals surface area contributed by atoms with Gasteiger partial charge in [0.15, 0.2) is 0 Å². The molecule has 0 N–H and O–H groups in total.